The van der Waals surface area contributed by atoms with Gasteiger partial charge in [0.25, 0.3) is 0 Å². The molecule has 0 radical (unpaired) electrons. The summed E-state index contributed by atoms with van der Waals surface area (Å²) in [4.78, 5) is 0. The molecule has 0 spiro atoms. The lowest BCUT2D eigenvalue weighted by atomic mass is 9.96. The van der Waals surface area contributed by atoms with Gasteiger partial charge in [0.15, 0.2) is 11.5 Å². The molecule has 0 heterocycles. The molecule has 118 valence electrons. The van der Waals surface area contributed by atoms with Crippen LogP contribution in [0.2, 0.25) is 0 Å². The highest BCUT2D eigenvalue weighted by Gasteiger charge is 2.18. The average molecular weight is 306 g/mol. The van der Waals surface area contributed by atoms with Gasteiger partial charge >= 0.3 is 0 Å². The van der Waals surface area contributed by atoms with Crippen LogP contribution in [0.25, 0.3) is 11.1 Å². The van der Waals surface area contributed by atoms with Gasteiger partial charge in [-0.1, -0.05) is 0 Å². The Hall–Kier alpha value is -2.28. The van der Waals surface area contributed by atoms with E-state index in [9.17, 15) is 25.5 Å². The Bertz CT molecular complexity index is 621. The summed E-state index contributed by atoms with van der Waals surface area (Å²) in [5.41, 5.74) is 1.68. The molecule has 5 N–H and O–H groups in total. The van der Waals surface area contributed by atoms with E-state index in [4.69, 9.17) is 4.74 Å². The maximum atomic E-state index is 10.3. The van der Waals surface area contributed by atoms with Crippen LogP contribution in [0.1, 0.15) is 16.7 Å². The van der Waals surface area contributed by atoms with Crippen LogP contribution in [-0.4, -0.2) is 32.6 Å². The Labute approximate surface area is 127 Å². The number of hydrogen-bond donors (Lipinski definition) is 5. The second-order valence-electron chi connectivity index (χ2n) is 4.82. The fraction of sp³-hybridized carbons (Fsp3) is 0.250. The predicted octanol–water partition coefficient (Wildman–Crippen LogP) is 1.25. The molecule has 0 bridgehead atoms. The van der Waals surface area contributed by atoms with E-state index in [1.807, 2.05) is 0 Å². The lowest BCUT2D eigenvalue weighted by Gasteiger charge is -2.15. The normalized spacial score (nSPS) is 10.7. The standard InChI is InChI=1S/C16H18O6/c1-22-14-5-10(7-18)4-13(16(14)21)12-3-9(6-17)2-11(8-19)15(12)20/h2-5,17-21H,6-8H2,1H3. The maximum absolute atomic E-state index is 10.3. The molecule has 0 aromatic heterocycles. The molecular formula is C16H18O6. The third-order valence-corrected chi connectivity index (χ3v) is 3.43. The van der Waals surface area contributed by atoms with Gasteiger partial charge in [0.2, 0.25) is 0 Å². The van der Waals surface area contributed by atoms with E-state index < -0.39 is 6.61 Å². The van der Waals surface area contributed by atoms with E-state index in [1.165, 1.54) is 31.4 Å². The van der Waals surface area contributed by atoms with E-state index >= 15 is 0 Å². The fourth-order valence-electron chi connectivity index (χ4n) is 2.29. The van der Waals surface area contributed by atoms with Crippen molar-refractivity contribution in [2.45, 2.75) is 19.8 Å². The molecule has 0 amide bonds. The fourth-order valence-corrected chi connectivity index (χ4v) is 2.29. The van der Waals surface area contributed by atoms with Gasteiger partial charge in [-0.25, -0.2) is 0 Å². The van der Waals surface area contributed by atoms with Crippen molar-refractivity contribution in [1.29, 1.82) is 0 Å². The summed E-state index contributed by atoms with van der Waals surface area (Å²) >= 11 is 0. The van der Waals surface area contributed by atoms with Gasteiger partial charge in [-0.2, -0.15) is 0 Å². The first-order chi connectivity index (χ1) is 10.5. The van der Waals surface area contributed by atoms with Crippen molar-refractivity contribution in [3.05, 3.63) is 41.0 Å². The minimum Gasteiger partial charge on any atom is -0.507 e. The van der Waals surface area contributed by atoms with E-state index in [0.717, 1.165) is 0 Å². The van der Waals surface area contributed by atoms with Gasteiger partial charge in [0.05, 0.1) is 26.9 Å². The van der Waals surface area contributed by atoms with Crippen LogP contribution in [0.3, 0.4) is 0 Å². The Morgan fingerprint density at radius 1 is 0.773 bits per heavy atom. The smallest absolute Gasteiger partial charge is 0.165 e. The number of benzene rings is 2. The molecule has 6 heteroatoms. The molecule has 2 rings (SSSR count). The van der Waals surface area contributed by atoms with Crippen molar-refractivity contribution in [2.75, 3.05) is 7.11 Å². The zero-order chi connectivity index (χ0) is 16.3. The number of aliphatic hydroxyl groups is 3. The number of hydrogen-bond acceptors (Lipinski definition) is 6. The van der Waals surface area contributed by atoms with Crippen LogP contribution >= 0.6 is 0 Å². The summed E-state index contributed by atoms with van der Waals surface area (Å²) in [6, 6.07) is 5.97. The quantitative estimate of drug-likeness (QED) is 0.568. The van der Waals surface area contributed by atoms with Gasteiger partial charge in [-0.05, 0) is 35.4 Å². The highest BCUT2D eigenvalue weighted by molar-refractivity contribution is 5.80. The van der Waals surface area contributed by atoms with Crippen molar-refractivity contribution in [2.24, 2.45) is 0 Å². The van der Waals surface area contributed by atoms with Crippen molar-refractivity contribution < 1.29 is 30.3 Å². The summed E-state index contributed by atoms with van der Waals surface area (Å²) in [5.74, 6) is -0.248. The average Bonchev–Trinajstić information content (AvgIpc) is 2.55. The van der Waals surface area contributed by atoms with Crippen LogP contribution in [0, 0.1) is 0 Å². The molecule has 2 aromatic rings. The molecule has 0 aliphatic rings. The van der Waals surface area contributed by atoms with Crippen molar-refractivity contribution in [3.63, 3.8) is 0 Å². The summed E-state index contributed by atoms with van der Waals surface area (Å²) in [7, 11) is 1.38. The number of methoxy groups -OCH3 is 1. The van der Waals surface area contributed by atoms with Gasteiger partial charge in [0, 0.05) is 16.7 Å². The van der Waals surface area contributed by atoms with E-state index in [0.29, 0.717) is 11.1 Å². The van der Waals surface area contributed by atoms with Crippen LogP contribution in [0.4, 0.5) is 0 Å². The zero-order valence-corrected chi connectivity index (χ0v) is 12.1. The number of rotatable bonds is 5. The topological polar surface area (TPSA) is 110 Å². The van der Waals surface area contributed by atoms with E-state index in [2.05, 4.69) is 0 Å². The third kappa shape index (κ3) is 2.85. The molecule has 0 aliphatic heterocycles. The summed E-state index contributed by atoms with van der Waals surface area (Å²) in [6.45, 7) is -0.959. The van der Waals surface area contributed by atoms with Crippen LogP contribution in [0.5, 0.6) is 17.2 Å². The van der Waals surface area contributed by atoms with Gasteiger partial charge < -0.3 is 30.3 Å². The first-order valence-corrected chi connectivity index (χ1v) is 6.63. The highest BCUT2D eigenvalue weighted by atomic mass is 16.5. The summed E-state index contributed by atoms with van der Waals surface area (Å²) < 4.78 is 5.06. The number of ether oxygens (including phenoxy) is 1. The monoisotopic (exact) mass is 306 g/mol. The molecule has 0 aliphatic carbocycles. The molecule has 6 nitrogen and oxygen atoms in total. The first kappa shape index (κ1) is 16.1. The summed E-state index contributed by atoms with van der Waals surface area (Å²) in [6.07, 6.45) is 0. The molecule has 0 saturated heterocycles. The molecule has 0 unspecified atom stereocenters. The number of phenolic OH excluding ortho intramolecular Hbond substituents is 1. The van der Waals surface area contributed by atoms with Crippen molar-refractivity contribution in [3.8, 4) is 28.4 Å². The Kier molecular flexibility index (Phi) is 4.87. The largest absolute Gasteiger partial charge is 0.507 e. The van der Waals surface area contributed by atoms with Crippen LogP contribution in [-0.2, 0) is 19.8 Å². The van der Waals surface area contributed by atoms with E-state index in [-0.39, 0.29) is 47.2 Å². The first-order valence-electron chi connectivity index (χ1n) is 6.63. The molecule has 0 atom stereocenters. The number of aromatic hydroxyl groups is 2. The second kappa shape index (κ2) is 6.65. The Balaban J connectivity index is 2.75. The number of aliphatic hydroxyl groups excluding tert-OH is 3. The zero-order valence-electron chi connectivity index (χ0n) is 12.1. The lowest BCUT2D eigenvalue weighted by molar-refractivity contribution is 0.271. The minimum absolute atomic E-state index is 0.154. The van der Waals surface area contributed by atoms with Crippen LogP contribution < -0.4 is 4.74 Å². The van der Waals surface area contributed by atoms with E-state index in [1.54, 1.807) is 0 Å². The van der Waals surface area contributed by atoms with Crippen molar-refractivity contribution >= 4 is 0 Å². The van der Waals surface area contributed by atoms with Crippen LogP contribution in [0.15, 0.2) is 24.3 Å². The molecular weight excluding hydrogens is 288 g/mol. The SMILES string of the molecule is COc1cc(CO)cc(-c2cc(CO)cc(CO)c2O)c1O. The molecule has 2 aromatic carbocycles. The highest BCUT2D eigenvalue weighted by Crippen LogP contribution is 2.43. The lowest BCUT2D eigenvalue weighted by Crippen LogP contribution is -1.96. The number of phenols is 2. The molecule has 0 saturated carbocycles. The summed E-state index contributed by atoms with van der Waals surface area (Å²) in [5, 5.41) is 48.5. The van der Waals surface area contributed by atoms with Crippen molar-refractivity contribution in [1.82, 2.24) is 0 Å². The predicted molar refractivity (Wildman–Crippen MR) is 79.5 cm³/mol. The Morgan fingerprint density at radius 3 is 1.82 bits per heavy atom. The molecule has 22 heavy (non-hydrogen) atoms. The van der Waals surface area contributed by atoms with Gasteiger partial charge in [-0.3, -0.25) is 0 Å². The Morgan fingerprint density at radius 2 is 1.32 bits per heavy atom. The maximum Gasteiger partial charge on any atom is 0.165 e. The second-order valence-corrected chi connectivity index (χ2v) is 4.82. The van der Waals surface area contributed by atoms with Gasteiger partial charge in [-0.15, -0.1) is 0 Å². The third-order valence-electron chi connectivity index (χ3n) is 3.43. The minimum atomic E-state index is -0.412. The van der Waals surface area contributed by atoms with Gasteiger partial charge in [0.1, 0.15) is 5.75 Å². The molecule has 0 fully saturated rings.